The van der Waals surface area contributed by atoms with Gasteiger partial charge >= 0.3 is 6.61 Å². The molecule has 0 radical (unpaired) electrons. The van der Waals surface area contributed by atoms with Crippen molar-refractivity contribution in [2.45, 2.75) is 18.2 Å². The van der Waals surface area contributed by atoms with Gasteiger partial charge < -0.3 is 9.30 Å². The van der Waals surface area contributed by atoms with E-state index < -0.39 is 16.6 Å². The SMILES string of the molecule is Cn1cnc(S(=O)(=O)NCc2ccccc2OC(F)F)c1Cl. The van der Waals surface area contributed by atoms with Gasteiger partial charge in [-0.05, 0) is 6.07 Å². The van der Waals surface area contributed by atoms with Crippen molar-refractivity contribution < 1.29 is 21.9 Å². The predicted octanol–water partition coefficient (Wildman–Crippen LogP) is 2.15. The van der Waals surface area contributed by atoms with Crippen molar-refractivity contribution in [2.24, 2.45) is 7.05 Å². The molecule has 2 aromatic rings. The quantitative estimate of drug-likeness (QED) is 0.865. The zero-order valence-electron chi connectivity index (χ0n) is 11.3. The number of hydrogen-bond donors (Lipinski definition) is 1. The molecule has 1 aromatic carbocycles. The maximum atomic E-state index is 12.3. The van der Waals surface area contributed by atoms with Gasteiger partial charge in [-0.15, -0.1) is 0 Å². The molecule has 22 heavy (non-hydrogen) atoms. The summed E-state index contributed by atoms with van der Waals surface area (Å²) in [6.45, 7) is -3.24. The van der Waals surface area contributed by atoms with E-state index >= 15 is 0 Å². The molecule has 0 aliphatic carbocycles. The average Bonchev–Trinajstić information content (AvgIpc) is 2.78. The maximum Gasteiger partial charge on any atom is 0.387 e. The molecular weight excluding hydrogens is 340 g/mol. The van der Waals surface area contributed by atoms with Crippen LogP contribution in [0.25, 0.3) is 0 Å². The zero-order chi connectivity index (χ0) is 16.3. The number of nitrogens with zero attached hydrogens (tertiary/aromatic N) is 2. The molecule has 0 aliphatic heterocycles. The van der Waals surface area contributed by atoms with Gasteiger partial charge in [0.25, 0.3) is 10.0 Å². The third-order valence-electron chi connectivity index (χ3n) is 2.73. The van der Waals surface area contributed by atoms with E-state index in [0.29, 0.717) is 0 Å². The number of ether oxygens (including phenoxy) is 1. The lowest BCUT2D eigenvalue weighted by Crippen LogP contribution is -2.24. The first-order valence-electron chi connectivity index (χ1n) is 6.00. The molecule has 2 rings (SSSR count). The highest BCUT2D eigenvalue weighted by atomic mass is 35.5. The first kappa shape index (κ1) is 16.7. The zero-order valence-corrected chi connectivity index (χ0v) is 12.9. The molecular formula is C12H12ClF2N3O3S. The molecule has 0 saturated heterocycles. The second-order valence-corrected chi connectivity index (χ2v) is 6.30. The Hall–Kier alpha value is -1.71. The van der Waals surface area contributed by atoms with Crippen LogP contribution in [0, 0.1) is 0 Å². The molecule has 0 bridgehead atoms. The Kier molecular flexibility index (Phi) is 4.99. The molecule has 0 aliphatic rings. The summed E-state index contributed by atoms with van der Waals surface area (Å²) in [6.07, 6.45) is 1.25. The van der Waals surface area contributed by atoms with Crippen LogP contribution in [0.3, 0.4) is 0 Å². The Labute approximate surface area is 130 Å². The van der Waals surface area contributed by atoms with Crippen LogP contribution in [0.2, 0.25) is 5.15 Å². The topological polar surface area (TPSA) is 73.2 Å². The number of aromatic nitrogens is 2. The van der Waals surface area contributed by atoms with Crippen molar-refractivity contribution in [1.82, 2.24) is 14.3 Å². The number of alkyl halides is 2. The summed E-state index contributed by atoms with van der Waals surface area (Å²) in [5, 5.41) is -0.381. The van der Waals surface area contributed by atoms with Gasteiger partial charge in [-0.2, -0.15) is 8.78 Å². The second-order valence-electron chi connectivity index (χ2n) is 4.26. The minimum Gasteiger partial charge on any atom is -0.434 e. The molecule has 0 unspecified atom stereocenters. The molecule has 0 amide bonds. The smallest absolute Gasteiger partial charge is 0.387 e. The summed E-state index contributed by atoms with van der Waals surface area (Å²) < 4.78 is 56.7. The van der Waals surface area contributed by atoms with Gasteiger partial charge in [0.05, 0.1) is 6.33 Å². The number of rotatable bonds is 6. The summed E-state index contributed by atoms with van der Waals surface area (Å²) >= 11 is 5.83. The van der Waals surface area contributed by atoms with Gasteiger partial charge in [-0.25, -0.2) is 18.1 Å². The number of sulfonamides is 1. The van der Waals surface area contributed by atoms with E-state index in [-0.39, 0.29) is 28.0 Å². The van der Waals surface area contributed by atoms with Gasteiger partial charge in [-0.3, -0.25) is 0 Å². The molecule has 6 nitrogen and oxygen atoms in total. The lowest BCUT2D eigenvalue weighted by molar-refractivity contribution is -0.0504. The number of para-hydroxylation sites is 1. The van der Waals surface area contributed by atoms with Crippen LogP contribution < -0.4 is 9.46 Å². The number of imidazole rings is 1. The Morgan fingerprint density at radius 2 is 2.09 bits per heavy atom. The largest absolute Gasteiger partial charge is 0.434 e. The Bertz CT molecular complexity index is 765. The van der Waals surface area contributed by atoms with E-state index in [2.05, 4.69) is 14.4 Å². The fourth-order valence-electron chi connectivity index (χ4n) is 1.68. The Morgan fingerprint density at radius 3 is 2.68 bits per heavy atom. The lowest BCUT2D eigenvalue weighted by Gasteiger charge is -2.11. The van der Waals surface area contributed by atoms with E-state index in [9.17, 15) is 17.2 Å². The maximum absolute atomic E-state index is 12.3. The van der Waals surface area contributed by atoms with Crippen LogP contribution in [-0.2, 0) is 23.6 Å². The molecule has 0 spiro atoms. The summed E-state index contributed by atoms with van der Waals surface area (Å²) in [7, 11) is -2.43. The van der Waals surface area contributed by atoms with Crippen LogP contribution in [0.1, 0.15) is 5.56 Å². The molecule has 120 valence electrons. The van der Waals surface area contributed by atoms with Gasteiger partial charge in [-0.1, -0.05) is 29.8 Å². The van der Waals surface area contributed by atoms with Gasteiger partial charge in [0.2, 0.25) is 5.03 Å². The van der Waals surface area contributed by atoms with Crippen molar-refractivity contribution in [3.05, 3.63) is 41.3 Å². The third kappa shape index (κ3) is 3.73. The van der Waals surface area contributed by atoms with Crippen molar-refractivity contribution in [1.29, 1.82) is 0 Å². The third-order valence-corrected chi connectivity index (χ3v) is 4.62. The van der Waals surface area contributed by atoms with Crippen LogP contribution in [-0.4, -0.2) is 24.6 Å². The van der Waals surface area contributed by atoms with E-state index in [1.54, 1.807) is 13.1 Å². The monoisotopic (exact) mass is 351 g/mol. The van der Waals surface area contributed by atoms with E-state index in [1.807, 2.05) is 0 Å². The van der Waals surface area contributed by atoms with Gasteiger partial charge in [0.15, 0.2) is 0 Å². The van der Waals surface area contributed by atoms with Crippen molar-refractivity contribution in [3.63, 3.8) is 0 Å². The molecule has 0 saturated carbocycles. The van der Waals surface area contributed by atoms with Crippen molar-refractivity contribution in [2.75, 3.05) is 0 Å². The normalized spacial score (nSPS) is 11.9. The van der Waals surface area contributed by atoms with Crippen molar-refractivity contribution in [3.8, 4) is 5.75 Å². The average molecular weight is 352 g/mol. The Morgan fingerprint density at radius 1 is 1.41 bits per heavy atom. The highest BCUT2D eigenvalue weighted by Crippen LogP contribution is 2.22. The number of halogens is 3. The minimum atomic E-state index is -3.97. The van der Waals surface area contributed by atoms with Crippen LogP contribution in [0.4, 0.5) is 8.78 Å². The summed E-state index contributed by atoms with van der Waals surface area (Å²) in [6, 6.07) is 5.88. The molecule has 1 heterocycles. The molecule has 10 heteroatoms. The molecule has 0 fully saturated rings. The number of hydrogen-bond acceptors (Lipinski definition) is 4. The summed E-state index contributed by atoms with van der Waals surface area (Å²) in [4.78, 5) is 3.70. The predicted molar refractivity (Wildman–Crippen MR) is 75.3 cm³/mol. The molecule has 1 N–H and O–H groups in total. The minimum absolute atomic E-state index is 0.0513. The lowest BCUT2D eigenvalue weighted by atomic mass is 10.2. The van der Waals surface area contributed by atoms with Crippen LogP contribution in [0.15, 0.2) is 35.6 Å². The second kappa shape index (κ2) is 6.59. The van der Waals surface area contributed by atoms with E-state index in [0.717, 1.165) is 0 Å². The van der Waals surface area contributed by atoms with Crippen molar-refractivity contribution >= 4 is 21.6 Å². The van der Waals surface area contributed by atoms with Gasteiger partial charge in [0.1, 0.15) is 10.9 Å². The highest BCUT2D eigenvalue weighted by molar-refractivity contribution is 7.89. The highest BCUT2D eigenvalue weighted by Gasteiger charge is 2.22. The fraction of sp³-hybridized carbons (Fsp3) is 0.250. The summed E-state index contributed by atoms with van der Waals surface area (Å²) in [5.74, 6) is -0.104. The molecule has 1 aromatic heterocycles. The molecule has 0 atom stereocenters. The number of benzene rings is 1. The number of aryl methyl sites for hydroxylation is 1. The van der Waals surface area contributed by atoms with Crippen LogP contribution in [0.5, 0.6) is 5.75 Å². The number of nitrogens with one attached hydrogen (secondary N) is 1. The van der Waals surface area contributed by atoms with E-state index in [1.165, 1.54) is 29.1 Å². The fourth-order valence-corrected chi connectivity index (χ4v) is 3.11. The first-order valence-corrected chi connectivity index (χ1v) is 7.86. The standard InChI is InChI=1S/C12H12ClF2N3O3S/c1-18-7-16-11(10(18)13)22(19,20)17-6-8-4-2-3-5-9(8)21-12(14)15/h2-5,7,12,17H,6H2,1H3. The van der Waals surface area contributed by atoms with Crippen LogP contribution >= 0.6 is 11.6 Å². The van der Waals surface area contributed by atoms with Gasteiger partial charge in [0, 0.05) is 19.2 Å². The summed E-state index contributed by atoms with van der Waals surface area (Å²) in [5.41, 5.74) is 0.262. The van der Waals surface area contributed by atoms with E-state index in [4.69, 9.17) is 11.6 Å². The Balaban J connectivity index is 2.18. The first-order chi connectivity index (χ1) is 10.3.